The van der Waals surface area contributed by atoms with Crippen LogP contribution in [0.4, 0.5) is 5.82 Å². The molecule has 0 aliphatic carbocycles. The van der Waals surface area contributed by atoms with Crippen LogP contribution in [0.5, 0.6) is 5.75 Å². The molecule has 1 aliphatic rings. The second-order valence-corrected chi connectivity index (χ2v) is 5.81. The van der Waals surface area contributed by atoms with Crippen molar-refractivity contribution in [1.29, 1.82) is 0 Å². The van der Waals surface area contributed by atoms with Crippen molar-refractivity contribution in [3.8, 4) is 5.75 Å². The molecule has 2 heterocycles. The van der Waals surface area contributed by atoms with Crippen LogP contribution in [0, 0.1) is 6.92 Å². The average Bonchev–Trinajstić information content (AvgIpc) is 2.59. The highest BCUT2D eigenvalue weighted by molar-refractivity contribution is 5.39. The van der Waals surface area contributed by atoms with Crippen LogP contribution >= 0.6 is 0 Å². The summed E-state index contributed by atoms with van der Waals surface area (Å²) in [5.41, 5.74) is 2.98. The third-order valence-electron chi connectivity index (χ3n) is 4.04. The van der Waals surface area contributed by atoms with Crippen LogP contribution in [0.15, 0.2) is 36.4 Å². The Morgan fingerprint density at radius 1 is 1.17 bits per heavy atom. The van der Waals surface area contributed by atoms with Crippen molar-refractivity contribution in [2.75, 3.05) is 31.2 Å². The summed E-state index contributed by atoms with van der Waals surface area (Å²) in [6, 6.07) is 11.9. The maximum Gasteiger partial charge on any atom is 0.129 e. The summed E-state index contributed by atoms with van der Waals surface area (Å²) in [7, 11) is 0. The van der Waals surface area contributed by atoms with E-state index in [1.807, 2.05) is 37.3 Å². The highest BCUT2D eigenvalue weighted by Gasteiger charge is 2.12. The van der Waals surface area contributed by atoms with Crippen molar-refractivity contribution >= 4 is 5.82 Å². The Morgan fingerprint density at radius 2 is 2.00 bits per heavy atom. The molecule has 5 nitrogen and oxygen atoms in total. The zero-order valence-corrected chi connectivity index (χ0v) is 13.5. The smallest absolute Gasteiger partial charge is 0.129 e. The number of anilines is 1. The number of nitrogens with zero attached hydrogens (tertiary/aromatic N) is 2. The number of aryl methyl sites for hydroxylation is 1. The molecule has 1 fully saturated rings. The van der Waals surface area contributed by atoms with Crippen molar-refractivity contribution in [3.63, 3.8) is 0 Å². The lowest BCUT2D eigenvalue weighted by Crippen LogP contribution is -2.36. The molecule has 3 rings (SSSR count). The minimum atomic E-state index is 0.344. The molecule has 1 saturated heterocycles. The van der Waals surface area contributed by atoms with Crippen molar-refractivity contribution < 1.29 is 9.84 Å². The van der Waals surface area contributed by atoms with E-state index in [1.165, 1.54) is 0 Å². The lowest BCUT2D eigenvalue weighted by Gasteiger charge is -2.28. The highest BCUT2D eigenvalue weighted by Crippen LogP contribution is 2.17. The predicted molar refractivity (Wildman–Crippen MR) is 90.7 cm³/mol. The van der Waals surface area contributed by atoms with Gasteiger partial charge >= 0.3 is 0 Å². The largest absolute Gasteiger partial charge is 0.508 e. The number of morpholine rings is 1. The Bertz CT molecular complexity index is 654. The van der Waals surface area contributed by atoms with E-state index in [4.69, 9.17) is 9.72 Å². The molecule has 0 spiro atoms. The average molecular weight is 313 g/mol. The molecule has 1 aliphatic heterocycles. The normalized spacial score (nSPS) is 14.9. The van der Waals surface area contributed by atoms with Crippen molar-refractivity contribution in [2.45, 2.75) is 20.0 Å². The van der Waals surface area contributed by atoms with Gasteiger partial charge in [-0.25, -0.2) is 4.98 Å². The molecule has 0 bridgehead atoms. The minimum absolute atomic E-state index is 0.344. The van der Waals surface area contributed by atoms with Gasteiger partial charge in [0.05, 0.1) is 18.9 Å². The lowest BCUT2D eigenvalue weighted by atomic mass is 10.1. The zero-order valence-electron chi connectivity index (χ0n) is 13.5. The van der Waals surface area contributed by atoms with E-state index >= 15 is 0 Å². The van der Waals surface area contributed by atoms with Gasteiger partial charge < -0.3 is 20.1 Å². The van der Waals surface area contributed by atoms with Crippen LogP contribution in [-0.4, -0.2) is 36.4 Å². The molecular weight excluding hydrogens is 290 g/mol. The summed E-state index contributed by atoms with van der Waals surface area (Å²) >= 11 is 0. The fourth-order valence-electron chi connectivity index (χ4n) is 2.63. The lowest BCUT2D eigenvalue weighted by molar-refractivity contribution is 0.122. The molecule has 0 atom stereocenters. The first kappa shape index (κ1) is 15.8. The number of phenolic OH excluding ortho intramolecular Hbond substituents is 1. The first-order valence-electron chi connectivity index (χ1n) is 8.00. The molecule has 1 aromatic heterocycles. The van der Waals surface area contributed by atoms with Crippen LogP contribution in [0.3, 0.4) is 0 Å². The maximum atomic E-state index is 9.74. The van der Waals surface area contributed by atoms with Crippen LogP contribution in [-0.2, 0) is 17.8 Å². The van der Waals surface area contributed by atoms with Crippen molar-refractivity contribution in [2.24, 2.45) is 0 Å². The third-order valence-corrected chi connectivity index (χ3v) is 4.04. The van der Waals surface area contributed by atoms with E-state index in [2.05, 4.69) is 10.2 Å². The fraction of sp³-hybridized carbons (Fsp3) is 0.389. The molecule has 0 radical (unpaired) electrons. The quantitative estimate of drug-likeness (QED) is 0.886. The highest BCUT2D eigenvalue weighted by atomic mass is 16.5. The first-order chi connectivity index (χ1) is 11.2. The molecule has 5 heteroatoms. The number of aromatic nitrogens is 1. The molecule has 0 saturated carbocycles. The molecule has 2 N–H and O–H groups in total. The van der Waals surface area contributed by atoms with Gasteiger partial charge in [-0.15, -0.1) is 0 Å². The van der Waals surface area contributed by atoms with Crippen LogP contribution in [0.25, 0.3) is 0 Å². The number of nitrogens with one attached hydrogen (secondary N) is 1. The molecule has 122 valence electrons. The number of aromatic hydroxyl groups is 1. The maximum absolute atomic E-state index is 9.74. The molecule has 2 aromatic rings. The minimum Gasteiger partial charge on any atom is -0.508 e. The van der Waals surface area contributed by atoms with Crippen molar-refractivity contribution in [1.82, 2.24) is 10.3 Å². The van der Waals surface area contributed by atoms with Gasteiger partial charge in [0.1, 0.15) is 11.6 Å². The zero-order chi connectivity index (χ0) is 16.1. The SMILES string of the molecule is Cc1ccc(CNCc2cccc(N3CCOCC3)n2)cc1O. The van der Waals surface area contributed by atoms with Gasteiger partial charge in [0.25, 0.3) is 0 Å². The molecule has 0 unspecified atom stereocenters. The number of rotatable bonds is 5. The summed E-state index contributed by atoms with van der Waals surface area (Å²) in [5.74, 6) is 1.36. The van der Waals surface area contributed by atoms with Gasteiger partial charge in [0, 0.05) is 26.2 Å². The first-order valence-corrected chi connectivity index (χ1v) is 8.00. The second kappa shape index (κ2) is 7.44. The molecular formula is C18H23N3O2. The Morgan fingerprint density at radius 3 is 2.78 bits per heavy atom. The number of phenols is 1. The number of ether oxygens (including phenoxy) is 1. The summed E-state index contributed by atoms with van der Waals surface area (Å²) in [4.78, 5) is 6.97. The number of pyridine rings is 1. The third kappa shape index (κ3) is 4.21. The summed E-state index contributed by atoms with van der Waals surface area (Å²) in [6.45, 7) is 6.62. The van der Waals surface area contributed by atoms with Crippen LogP contribution in [0.2, 0.25) is 0 Å². The Labute approximate surface area is 136 Å². The number of hydrogen-bond donors (Lipinski definition) is 2. The number of hydrogen-bond acceptors (Lipinski definition) is 5. The fourth-order valence-corrected chi connectivity index (χ4v) is 2.63. The van der Waals surface area contributed by atoms with E-state index in [-0.39, 0.29) is 0 Å². The predicted octanol–water partition coefficient (Wildman–Crippen LogP) is 2.22. The molecule has 0 amide bonds. The van der Waals surface area contributed by atoms with E-state index < -0.39 is 0 Å². The van der Waals surface area contributed by atoms with E-state index in [9.17, 15) is 5.11 Å². The van der Waals surface area contributed by atoms with Crippen LogP contribution < -0.4 is 10.2 Å². The van der Waals surface area contributed by atoms with Gasteiger partial charge in [-0.1, -0.05) is 18.2 Å². The Balaban J connectivity index is 1.56. The van der Waals surface area contributed by atoms with Crippen LogP contribution in [0.1, 0.15) is 16.8 Å². The van der Waals surface area contributed by atoms with Gasteiger partial charge in [0.15, 0.2) is 0 Å². The summed E-state index contributed by atoms with van der Waals surface area (Å²) in [6.07, 6.45) is 0. The second-order valence-electron chi connectivity index (χ2n) is 5.81. The molecule has 1 aromatic carbocycles. The standard InChI is InChI=1S/C18H23N3O2/c1-14-5-6-15(11-17(14)22)12-19-13-16-3-2-4-18(20-16)21-7-9-23-10-8-21/h2-6,11,19,22H,7-10,12-13H2,1H3. The Kier molecular flexibility index (Phi) is 5.10. The van der Waals surface area contributed by atoms with Gasteiger partial charge in [0.2, 0.25) is 0 Å². The Hall–Kier alpha value is -2.11. The summed E-state index contributed by atoms with van der Waals surface area (Å²) in [5, 5.41) is 13.1. The monoisotopic (exact) mass is 313 g/mol. The van der Waals surface area contributed by atoms with Gasteiger partial charge in [-0.05, 0) is 36.2 Å². The van der Waals surface area contributed by atoms with Crippen molar-refractivity contribution in [3.05, 3.63) is 53.2 Å². The number of benzene rings is 1. The van der Waals surface area contributed by atoms with Gasteiger partial charge in [-0.3, -0.25) is 0 Å². The van der Waals surface area contributed by atoms with E-state index in [0.717, 1.165) is 48.9 Å². The summed E-state index contributed by atoms with van der Waals surface area (Å²) < 4.78 is 5.38. The van der Waals surface area contributed by atoms with E-state index in [1.54, 1.807) is 6.07 Å². The van der Waals surface area contributed by atoms with Gasteiger partial charge in [-0.2, -0.15) is 0 Å². The van der Waals surface area contributed by atoms with E-state index in [0.29, 0.717) is 18.8 Å². The topological polar surface area (TPSA) is 57.6 Å². The molecule has 23 heavy (non-hydrogen) atoms.